The van der Waals surface area contributed by atoms with Gasteiger partial charge in [0, 0.05) is 10.5 Å². The summed E-state index contributed by atoms with van der Waals surface area (Å²) in [4.78, 5) is 0. The fourth-order valence-corrected chi connectivity index (χ4v) is 2.40. The van der Waals surface area contributed by atoms with Crippen molar-refractivity contribution >= 4 is 28.3 Å². The minimum atomic E-state index is 0. The predicted octanol–water partition coefficient (Wildman–Crippen LogP) is 3.60. The molecule has 0 aromatic heterocycles. The average molecular weight is 277 g/mol. The van der Waals surface area contributed by atoms with E-state index in [1.54, 1.807) is 0 Å². The SMILES string of the molecule is Cl.NC1CCCCc2cc(Br)ccc21. The lowest BCUT2D eigenvalue weighted by Gasteiger charge is -2.12. The second-order valence-electron chi connectivity index (χ2n) is 3.70. The van der Waals surface area contributed by atoms with E-state index in [0.29, 0.717) is 0 Å². The van der Waals surface area contributed by atoms with E-state index in [-0.39, 0.29) is 18.4 Å². The first-order valence-electron chi connectivity index (χ1n) is 4.81. The molecule has 0 heterocycles. The summed E-state index contributed by atoms with van der Waals surface area (Å²) in [6.07, 6.45) is 4.85. The number of halogens is 2. The topological polar surface area (TPSA) is 26.0 Å². The Labute approximate surface area is 99.6 Å². The van der Waals surface area contributed by atoms with Crippen LogP contribution in [-0.2, 0) is 6.42 Å². The summed E-state index contributed by atoms with van der Waals surface area (Å²) in [6, 6.07) is 6.71. The van der Waals surface area contributed by atoms with Crippen LogP contribution in [0, 0.1) is 0 Å². The molecule has 1 aliphatic rings. The van der Waals surface area contributed by atoms with Crippen LogP contribution in [-0.4, -0.2) is 0 Å². The lowest BCUT2D eigenvalue weighted by Crippen LogP contribution is -2.10. The number of hydrogen-bond acceptors (Lipinski definition) is 1. The lowest BCUT2D eigenvalue weighted by molar-refractivity contribution is 0.615. The summed E-state index contributed by atoms with van der Waals surface area (Å²) >= 11 is 3.50. The van der Waals surface area contributed by atoms with Crippen LogP contribution in [0.4, 0.5) is 0 Å². The summed E-state index contributed by atoms with van der Waals surface area (Å²) in [5, 5.41) is 0. The Morgan fingerprint density at radius 2 is 2.07 bits per heavy atom. The van der Waals surface area contributed by atoms with Crippen LogP contribution in [0.1, 0.15) is 36.4 Å². The number of rotatable bonds is 0. The van der Waals surface area contributed by atoms with Crippen molar-refractivity contribution in [3.63, 3.8) is 0 Å². The van der Waals surface area contributed by atoms with Crippen LogP contribution in [0.5, 0.6) is 0 Å². The molecule has 1 aromatic carbocycles. The van der Waals surface area contributed by atoms with Crippen molar-refractivity contribution in [3.05, 3.63) is 33.8 Å². The summed E-state index contributed by atoms with van der Waals surface area (Å²) in [7, 11) is 0. The molecule has 0 bridgehead atoms. The van der Waals surface area contributed by atoms with Gasteiger partial charge in [-0.1, -0.05) is 28.4 Å². The van der Waals surface area contributed by atoms with Gasteiger partial charge in [0.25, 0.3) is 0 Å². The molecule has 1 atom stereocenters. The van der Waals surface area contributed by atoms with E-state index in [2.05, 4.69) is 34.1 Å². The standard InChI is InChI=1S/C11H14BrN.ClH/c12-9-5-6-10-8(7-9)3-1-2-4-11(10)13;/h5-7,11H,1-4,13H2;1H. The van der Waals surface area contributed by atoms with Gasteiger partial charge >= 0.3 is 0 Å². The van der Waals surface area contributed by atoms with E-state index >= 15 is 0 Å². The minimum Gasteiger partial charge on any atom is -0.324 e. The van der Waals surface area contributed by atoms with Crippen LogP contribution in [0.25, 0.3) is 0 Å². The maximum atomic E-state index is 6.08. The maximum absolute atomic E-state index is 6.08. The van der Waals surface area contributed by atoms with Crippen molar-refractivity contribution in [2.75, 3.05) is 0 Å². The predicted molar refractivity (Wildman–Crippen MR) is 65.9 cm³/mol. The Hall–Kier alpha value is -0.0500. The Balaban J connectivity index is 0.000000980. The smallest absolute Gasteiger partial charge is 0.0297 e. The Morgan fingerprint density at radius 1 is 1.29 bits per heavy atom. The van der Waals surface area contributed by atoms with E-state index in [1.807, 2.05) is 0 Å². The van der Waals surface area contributed by atoms with Gasteiger partial charge in [0.1, 0.15) is 0 Å². The molecule has 0 saturated heterocycles. The number of nitrogens with two attached hydrogens (primary N) is 1. The molecule has 0 spiro atoms. The molecule has 1 aromatic rings. The number of fused-ring (bicyclic) bond motifs is 1. The molecule has 0 fully saturated rings. The van der Waals surface area contributed by atoms with Gasteiger partial charge in [-0.05, 0) is 42.5 Å². The zero-order chi connectivity index (χ0) is 9.26. The summed E-state index contributed by atoms with van der Waals surface area (Å²) < 4.78 is 1.17. The average Bonchev–Trinajstić information content (AvgIpc) is 2.28. The Kier molecular flexibility index (Phi) is 4.42. The third-order valence-corrected chi connectivity index (χ3v) is 3.21. The molecule has 2 rings (SSSR count). The lowest BCUT2D eigenvalue weighted by atomic mass is 10.0. The molecular weight excluding hydrogens is 261 g/mol. The summed E-state index contributed by atoms with van der Waals surface area (Å²) in [6.45, 7) is 0. The Morgan fingerprint density at radius 3 is 2.86 bits per heavy atom. The quantitative estimate of drug-likeness (QED) is 0.720. The molecule has 0 aliphatic heterocycles. The normalized spacial score (nSPS) is 20.6. The van der Waals surface area contributed by atoms with Crippen molar-refractivity contribution in [3.8, 4) is 0 Å². The third kappa shape index (κ3) is 2.50. The zero-order valence-corrected chi connectivity index (χ0v) is 10.4. The largest absolute Gasteiger partial charge is 0.324 e. The van der Waals surface area contributed by atoms with Gasteiger partial charge in [-0.2, -0.15) is 0 Å². The van der Waals surface area contributed by atoms with Crippen molar-refractivity contribution < 1.29 is 0 Å². The molecule has 0 saturated carbocycles. The molecule has 2 N–H and O–H groups in total. The van der Waals surface area contributed by atoms with Crippen molar-refractivity contribution in [2.45, 2.75) is 31.7 Å². The van der Waals surface area contributed by atoms with Crippen LogP contribution in [0.3, 0.4) is 0 Å². The van der Waals surface area contributed by atoms with Gasteiger partial charge in [0.2, 0.25) is 0 Å². The van der Waals surface area contributed by atoms with Gasteiger partial charge < -0.3 is 5.73 Å². The maximum Gasteiger partial charge on any atom is 0.0297 e. The summed E-state index contributed by atoms with van der Waals surface area (Å²) in [5.74, 6) is 0. The highest BCUT2D eigenvalue weighted by Crippen LogP contribution is 2.28. The van der Waals surface area contributed by atoms with Gasteiger partial charge in [-0.15, -0.1) is 12.4 Å². The first-order chi connectivity index (χ1) is 6.27. The highest BCUT2D eigenvalue weighted by molar-refractivity contribution is 9.10. The van der Waals surface area contributed by atoms with Crippen LogP contribution >= 0.6 is 28.3 Å². The van der Waals surface area contributed by atoms with Gasteiger partial charge in [-0.3, -0.25) is 0 Å². The van der Waals surface area contributed by atoms with E-state index in [4.69, 9.17) is 5.73 Å². The fourth-order valence-electron chi connectivity index (χ4n) is 1.99. The van der Waals surface area contributed by atoms with Gasteiger partial charge in [-0.25, -0.2) is 0 Å². The van der Waals surface area contributed by atoms with Crippen LogP contribution in [0.2, 0.25) is 0 Å². The first kappa shape index (κ1) is 12.0. The first-order valence-corrected chi connectivity index (χ1v) is 5.60. The number of aryl methyl sites for hydroxylation is 1. The number of benzene rings is 1. The van der Waals surface area contributed by atoms with Gasteiger partial charge in [0.15, 0.2) is 0 Å². The fraction of sp³-hybridized carbons (Fsp3) is 0.455. The molecule has 0 radical (unpaired) electrons. The molecular formula is C11H15BrClN. The van der Waals surface area contributed by atoms with Crippen molar-refractivity contribution in [2.24, 2.45) is 5.73 Å². The molecule has 14 heavy (non-hydrogen) atoms. The highest BCUT2D eigenvalue weighted by Gasteiger charge is 2.14. The molecule has 1 nitrogen and oxygen atoms in total. The van der Waals surface area contributed by atoms with E-state index in [9.17, 15) is 0 Å². The van der Waals surface area contributed by atoms with Crippen LogP contribution in [0.15, 0.2) is 22.7 Å². The molecule has 1 unspecified atom stereocenters. The molecule has 1 aliphatic carbocycles. The van der Waals surface area contributed by atoms with Crippen LogP contribution < -0.4 is 5.73 Å². The monoisotopic (exact) mass is 275 g/mol. The van der Waals surface area contributed by atoms with E-state index in [0.717, 1.165) is 6.42 Å². The molecule has 3 heteroatoms. The van der Waals surface area contributed by atoms with Crippen molar-refractivity contribution in [1.82, 2.24) is 0 Å². The molecule has 0 amide bonds. The van der Waals surface area contributed by atoms with E-state index in [1.165, 1.54) is 34.9 Å². The van der Waals surface area contributed by atoms with Gasteiger partial charge in [0.05, 0.1) is 0 Å². The third-order valence-electron chi connectivity index (χ3n) is 2.72. The summed E-state index contributed by atoms with van der Waals surface area (Å²) in [5.41, 5.74) is 8.86. The highest BCUT2D eigenvalue weighted by atomic mass is 79.9. The van der Waals surface area contributed by atoms with E-state index < -0.39 is 0 Å². The number of hydrogen-bond donors (Lipinski definition) is 1. The zero-order valence-electron chi connectivity index (χ0n) is 8.00. The second-order valence-corrected chi connectivity index (χ2v) is 4.61. The molecule has 78 valence electrons. The second kappa shape index (κ2) is 5.15. The minimum absolute atomic E-state index is 0. The Bertz CT molecular complexity index is 314. The van der Waals surface area contributed by atoms with Crippen molar-refractivity contribution in [1.29, 1.82) is 0 Å².